The van der Waals surface area contributed by atoms with Crippen LogP contribution >= 0.6 is 0 Å². The molecule has 6 nitrogen and oxygen atoms in total. The van der Waals surface area contributed by atoms with Crippen LogP contribution in [0.5, 0.6) is 0 Å². The molecular formula is C18H30O6. The van der Waals surface area contributed by atoms with Gasteiger partial charge in [0.15, 0.2) is 0 Å². The van der Waals surface area contributed by atoms with Crippen molar-refractivity contribution in [2.24, 2.45) is 11.8 Å². The molecular weight excluding hydrogens is 312 g/mol. The van der Waals surface area contributed by atoms with Gasteiger partial charge in [0.1, 0.15) is 0 Å². The first kappa shape index (κ1) is 20.5. The molecule has 0 aromatic carbocycles. The Balaban J connectivity index is 2.69. The highest BCUT2D eigenvalue weighted by Gasteiger charge is 2.47. The van der Waals surface area contributed by atoms with Gasteiger partial charge in [0.2, 0.25) is 5.60 Å². The van der Waals surface area contributed by atoms with Gasteiger partial charge in [-0.05, 0) is 51.9 Å². The van der Waals surface area contributed by atoms with Crippen LogP contribution in [-0.2, 0) is 28.6 Å². The van der Waals surface area contributed by atoms with Crippen molar-refractivity contribution < 1.29 is 28.6 Å². The van der Waals surface area contributed by atoms with Gasteiger partial charge >= 0.3 is 17.9 Å². The zero-order chi connectivity index (χ0) is 18.3. The summed E-state index contributed by atoms with van der Waals surface area (Å²) >= 11 is 0. The van der Waals surface area contributed by atoms with Crippen molar-refractivity contribution in [3.63, 3.8) is 0 Å². The third-order valence-corrected chi connectivity index (χ3v) is 4.12. The lowest BCUT2D eigenvalue weighted by atomic mass is 9.78. The molecule has 1 aliphatic carbocycles. The van der Waals surface area contributed by atoms with Crippen LogP contribution in [0.25, 0.3) is 0 Å². The smallest absolute Gasteiger partial charge is 0.350 e. The molecule has 0 aromatic rings. The first-order valence-corrected chi connectivity index (χ1v) is 8.73. The average molecular weight is 342 g/mol. The maximum absolute atomic E-state index is 12.5. The second-order valence-corrected chi connectivity index (χ2v) is 7.17. The molecule has 1 saturated carbocycles. The zero-order valence-electron chi connectivity index (χ0n) is 15.4. The summed E-state index contributed by atoms with van der Waals surface area (Å²) in [6, 6.07) is 0. The van der Waals surface area contributed by atoms with E-state index < -0.39 is 17.5 Å². The summed E-state index contributed by atoms with van der Waals surface area (Å²) in [5.41, 5.74) is -1.27. The highest BCUT2D eigenvalue weighted by Crippen LogP contribution is 2.37. The number of rotatable bonds is 7. The molecule has 0 bridgehead atoms. The number of ether oxygens (including phenoxy) is 3. The zero-order valence-corrected chi connectivity index (χ0v) is 15.4. The fourth-order valence-electron chi connectivity index (χ4n) is 2.79. The van der Waals surface area contributed by atoms with Gasteiger partial charge in [-0.15, -0.1) is 0 Å². The summed E-state index contributed by atoms with van der Waals surface area (Å²) in [5.74, 6) is -1.12. The van der Waals surface area contributed by atoms with Crippen LogP contribution in [0.2, 0.25) is 0 Å². The summed E-state index contributed by atoms with van der Waals surface area (Å²) in [6.07, 6.45) is 2.04. The van der Waals surface area contributed by atoms with Gasteiger partial charge in [-0.25, -0.2) is 4.79 Å². The molecule has 0 heterocycles. The molecule has 6 heteroatoms. The Bertz CT molecular complexity index is 446. The van der Waals surface area contributed by atoms with Crippen LogP contribution in [0.15, 0.2) is 0 Å². The van der Waals surface area contributed by atoms with E-state index in [9.17, 15) is 14.4 Å². The second kappa shape index (κ2) is 9.04. The van der Waals surface area contributed by atoms with E-state index >= 15 is 0 Å². The van der Waals surface area contributed by atoms with E-state index in [-0.39, 0.29) is 30.8 Å². The van der Waals surface area contributed by atoms with Gasteiger partial charge in [0.25, 0.3) is 0 Å². The van der Waals surface area contributed by atoms with Crippen LogP contribution in [0, 0.1) is 11.8 Å². The molecule has 138 valence electrons. The van der Waals surface area contributed by atoms with E-state index in [1.54, 1.807) is 13.8 Å². The van der Waals surface area contributed by atoms with Crippen molar-refractivity contribution in [2.75, 3.05) is 6.61 Å². The predicted molar refractivity (Wildman–Crippen MR) is 88.1 cm³/mol. The number of carbonyl (C=O) groups is 3. The Labute approximate surface area is 144 Å². The Kier molecular flexibility index (Phi) is 7.70. The van der Waals surface area contributed by atoms with Crippen molar-refractivity contribution in [1.29, 1.82) is 0 Å². The Hall–Kier alpha value is -1.59. The highest BCUT2D eigenvalue weighted by atomic mass is 16.6. The van der Waals surface area contributed by atoms with Crippen LogP contribution < -0.4 is 0 Å². The average Bonchev–Trinajstić information content (AvgIpc) is 2.45. The van der Waals surface area contributed by atoms with E-state index in [1.165, 1.54) is 6.92 Å². The van der Waals surface area contributed by atoms with E-state index in [0.717, 1.165) is 6.42 Å². The largest absolute Gasteiger partial charge is 0.463 e. The molecule has 1 rings (SSSR count). The molecule has 1 aliphatic rings. The van der Waals surface area contributed by atoms with E-state index in [4.69, 9.17) is 14.2 Å². The number of esters is 3. The van der Waals surface area contributed by atoms with Crippen molar-refractivity contribution in [2.45, 2.75) is 78.4 Å². The molecule has 0 radical (unpaired) electrons. The summed E-state index contributed by atoms with van der Waals surface area (Å²) in [6.45, 7) is 9.27. The molecule has 1 fully saturated rings. The maximum atomic E-state index is 12.5. The SMILES string of the molecule is CC(=O)OC1(C(=O)OCCC(C)C)CCC(C(=O)OC(C)C)CC1. The van der Waals surface area contributed by atoms with Crippen molar-refractivity contribution in [1.82, 2.24) is 0 Å². The Morgan fingerprint density at radius 3 is 2.12 bits per heavy atom. The quantitative estimate of drug-likeness (QED) is 0.523. The molecule has 0 amide bonds. The van der Waals surface area contributed by atoms with Gasteiger partial charge < -0.3 is 14.2 Å². The number of hydrogen-bond donors (Lipinski definition) is 0. The van der Waals surface area contributed by atoms with Gasteiger partial charge in [-0.2, -0.15) is 0 Å². The fraction of sp³-hybridized carbons (Fsp3) is 0.833. The molecule has 0 saturated heterocycles. The minimum atomic E-state index is -1.27. The second-order valence-electron chi connectivity index (χ2n) is 7.17. The first-order valence-electron chi connectivity index (χ1n) is 8.73. The maximum Gasteiger partial charge on any atom is 0.350 e. The van der Waals surface area contributed by atoms with Crippen LogP contribution in [-0.4, -0.2) is 36.2 Å². The van der Waals surface area contributed by atoms with E-state index in [1.807, 2.05) is 13.8 Å². The van der Waals surface area contributed by atoms with Gasteiger partial charge in [-0.3, -0.25) is 9.59 Å². The molecule has 0 unspecified atom stereocenters. The fourth-order valence-corrected chi connectivity index (χ4v) is 2.79. The number of hydrogen-bond acceptors (Lipinski definition) is 6. The predicted octanol–water partition coefficient (Wildman–Crippen LogP) is 3.02. The third kappa shape index (κ3) is 6.13. The standard InChI is InChI=1S/C18H30O6/c1-12(2)8-11-22-17(21)18(24-14(5)19)9-6-15(7-10-18)16(20)23-13(3)4/h12-13,15H,6-11H2,1-5H3. The summed E-state index contributed by atoms with van der Waals surface area (Å²) < 4.78 is 15.9. The van der Waals surface area contributed by atoms with E-state index in [0.29, 0.717) is 25.4 Å². The molecule has 0 spiro atoms. The van der Waals surface area contributed by atoms with Crippen molar-refractivity contribution in [3.05, 3.63) is 0 Å². The van der Waals surface area contributed by atoms with Gasteiger partial charge in [0.05, 0.1) is 18.6 Å². The molecule has 24 heavy (non-hydrogen) atoms. The van der Waals surface area contributed by atoms with Gasteiger partial charge in [-0.1, -0.05) is 13.8 Å². The third-order valence-electron chi connectivity index (χ3n) is 4.12. The summed E-state index contributed by atoms with van der Waals surface area (Å²) in [7, 11) is 0. The lowest BCUT2D eigenvalue weighted by Crippen LogP contribution is -2.48. The van der Waals surface area contributed by atoms with Crippen molar-refractivity contribution >= 4 is 17.9 Å². The highest BCUT2D eigenvalue weighted by molar-refractivity contribution is 5.83. The Morgan fingerprint density at radius 1 is 1.08 bits per heavy atom. The van der Waals surface area contributed by atoms with Gasteiger partial charge in [0, 0.05) is 6.92 Å². The Morgan fingerprint density at radius 2 is 1.67 bits per heavy atom. The topological polar surface area (TPSA) is 78.9 Å². The van der Waals surface area contributed by atoms with Crippen LogP contribution in [0.1, 0.15) is 66.7 Å². The monoisotopic (exact) mass is 342 g/mol. The first-order chi connectivity index (χ1) is 11.2. The summed E-state index contributed by atoms with van der Waals surface area (Å²) in [5, 5.41) is 0. The van der Waals surface area contributed by atoms with Crippen molar-refractivity contribution in [3.8, 4) is 0 Å². The summed E-state index contributed by atoms with van der Waals surface area (Å²) in [4.78, 5) is 35.9. The molecule has 0 atom stereocenters. The molecule has 0 aromatic heterocycles. The minimum absolute atomic E-state index is 0.168. The minimum Gasteiger partial charge on any atom is -0.463 e. The van der Waals surface area contributed by atoms with E-state index in [2.05, 4.69) is 0 Å². The lowest BCUT2D eigenvalue weighted by Gasteiger charge is -2.36. The number of carbonyl (C=O) groups excluding carboxylic acids is 3. The van der Waals surface area contributed by atoms with Crippen LogP contribution in [0.3, 0.4) is 0 Å². The normalized spacial score (nSPS) is 23.9. The van der Waals surface area contributed by atoms with Crippen LogP contribution in [0.4, 0.5) is 0 Å². The molecule has 0 aliphatic heterocycles. The molecule has 0 N–H and O–H groups in total. The lowest BCUT2D eigenvalue weighted by molar-refractivity contribution is -0.188.